The summed E-state index contributed by atoms with van der Waals surface area (Å²) in [6.07, 6.45) is 1.99. The molecule has 0 saturated carbocycles. The van der Waals surface area contributed by atoms with Crippen molar-refractivity contribution in [2.45, 2.75) is 20.1 Å². The van der Waals surface area contributed by atoms with E-state index in [0.717, 1.165) is 19.1 Å². The number of hydrogen-bond acceptors (Lipinski definition) is 6. The molecule has 0 saturated heterocycles. The van der Waals surface area contributed by atoms with Crippen LogP contribution in [0.15, 0.2) is 31.8 Å². The smallest absolute Gasteiger partial charge is 0.179 e. The third-order valence-corrected chi connectivity index (χ3v) is 5.29. The van der Waals surface area contributed by atoms with Crippen LogP contribution in [0.1, 0.15) is 5.56 Å². The van der Waals surface area contributed by atoms with Crippen LogP contribution in [0.25, 0.3) is 0 Å². The topological polar surface area (TPSA) is 51.8 Å². The van der Waals surface area contributed by atoms with E-state index < -0.39 is 0 Å². The number of rotatable bonds is 4. The Labute approximate surface area is 117 Å². The Balaban J connectivity index is 2.25. The molecular formula is C10H10ClN3S3. The molecule has 0 unspecified atom stereocenters. The van der Waals surface area contributed by atoms with Crippen LogP contribution in [-0.4, -0.2) is 16.5 Å². The highest BCUT2D eigenvalue weighted by atomic mass is 35.5. The van der Waals surface area contributed by atoms with Crippen molar-refractivity contribution in [2.75, 3.05) is 6.26 Å². The predicted molar refractivity (Wildman–Crippen MR) is 75.2 cm³/mol. The first kappa shape index (κ1) is 13.2. The first-order valence-corrected chi connectivity index (χ1v) is 8.00. The van der Waals surface area contributed by atoms with Crippen molar-refractivity contribution in [3.05, 3.63) is 28.8 Å². The fraction of sp³-hybridized carbons (Fsp3) is 0.200. The summed E-state index contributed by atoms with van der Waals surface area (Å²) in [5.41, 5.74) is 6.76. The van der Waals surface area contributed by atoms with Gasteiger partial charge in [0.25, 0.3) is 0 Å². The fourth-order valence-electron chi connectivity index (χ4n) is 1.21. The zero-order valence-corrected chi connectivity index (χ0v) is 12.2. The summed E-state index contributed by atoms with van der Waals surface area (Å²) in [4.78, 5) is 1.05. The standard InChI is InChI=1S/C10H10ClN3S3/c1-15-9-13-14-10(17-9)16-8-4-7(11)3-2-6(8)5-12/h2-4H,5,12H2,1H3. The van der Waals surface area contributed by atoms with Crippen molar-refractivity contribution >= 4 is 46.5 Å². The lowest BCUT2D eigenvalue weighted by Crippen LogP contribution is -1.97. The molecule has 0 spiro atoms. The Morgan fingerprint density at radius 1 is 1.35 bits per heavy atom. The van der Waals surface area contributed by atoms with Gasteiger partial charge in [0.2, 0.25) is 0 Å². The van der Waals surface area contributed by atoms with E-state index in [1.165, 1.54) is 0 Å². The van der Waals surface area contributed by atoms with Crippen molar-refractivity contribution in [2.24, 2.45) is 5.73 Å². The third kappa shape index (κ3) is 3.35. The average Bonchev–Trinajstić information content (AvgIpc) is 2.77. The van der Waals surface area contributed by atoms with Crippen LogP contribution in [0.3, 0.4) is 0 Å². The van der Waals surface area contributed by atoms with Gasteiger partial charge in [0.1, 0.15) is 0 Å². The van der Waals surface area contributed by atoms with E-state index in [4.69, 9.17) is 17.3 Å². The Hall–Kier alpha value is -0.270. The van der Waals surface area contributed by atoms with Crippen molar-refractivity contribution in [1.82, 2.24) is 10.2 Å². The van der Waals surface area contributed by atoms with Crippen molar-refractivity contribution in [3.63, 3.8) is 0 Å². The van der Waals surface area contributed by atoms with E-state index in [1.807, 2.05) is 24.5 Å². The van der Waals surface area contributed by atoms with Gasteiger partial charge in [-0.2, -0.15) is 0 Å². The maximum Gasteiger partial charge on any atom is 0.179 e. The summed E-state index contributed by atoms with van der Waals surface area (Å²) < 4.78 is 1.87. The van der Waals surface area contributed by atoms with E-state index >= 15 is 0 Å². The molecule has 0 aliphatic carbocycles. The minimum atomic E-state index is 0.494. The molecular weight excluding hydrogens is 294 g/mol. The van der Waals surface area contributed by atoms with Crippen LogP contribution in [0, 0.1) is 0 Å². The SMILES string of the molecule is CSc1nnc(Sc2cc(Cl)ccc2CN)s1. The van der Waals surface area contributed by atoms with Crippen LogP contribution >= 0.6 is 46.5 Å². The van der Waals surface area contributed by atoms with Gasteiger partial charge in [0.05, 0.1) is 0 Å². The molecule has 0 radical (unpaired) electrons. The summed E-state index contributed by atoms with van der Waals surface area (Å²) >= 11 is 10.7. The van der Waals surface area contributed by atoms with Gasteiger partial charge in [0.15, 0.2) is 8.68 Å². The molecule has 90 valence electrons. The molecule has 1 aromatic carbocycles. The number of benzene rings is 1. The van der Waals surface area contributed by atoms with E-state index in [2.05, 4.69) is 10.2 Å². The highest BCUT2D eigenvalue weighted by Gasteiger charge is 2.09. The van der Waals surface area contributed by atoms with Crippen molar-refractivity contribution in [3.8, 4) is 0 Å². The van der Waals surface area contributed by atoms with Gasteiger partial charge in [-0.25, -0.2) is 0 Å². The molecule has 2 aromatic rings. The maximum atomic E-state index is 5.98. The van der Waals surface area contributed by atoms with Crippen molar-refractivity contribution in [1.29, 1.82) is 0 Å². The minimum Gasteiger partial charge on any atom is -0.326 e. The summed E-state index contributed by atoms with van der Waals surface area (Å²) in [7, 11) is 0. The molecule has 0 amide bonds. The van der Waals surface area contributed by atoms with E-state index in [1.54, 1.807) is 34.9 Å². The lowest BCUT2D eigenvalue weighted by molar-refractivity contribution is 0.953. The lowest BCUT2D eigenvalue weighted by Gasteiger charge is -2.05. The minimum absolute atomic E-state index is 0.494. The first-order valence-electron chi connectivity index (χ1n) is 4.76. The number of hydrogen-bond donors (Lipinski definition) is 1. The highest BCUT2D eigenvalue weighted by Crippen LogP contribution is 2.35. The van der Waals surface area contributed by atoms with Gasteiger partial charge in [-0.15, -0.1) is 10.2 Å². The molecule has 3 nitrogen and oxygen atoms in total. The molecule has 0 bridgehead atoms. The number of nitrogens with two attached hydrogens (primary N) is 1. The van der Waals surface area contributed by atoms with Crippen LogP contribution < -0.4 is 5.73 Å². The van der Waals surface area contributed by atoms with E-state index in [-0.39, 0.29) is 0 Å². The first-order chi connectivity index (χ1) is 8.22. The van der Waals surface area contributed by atoms with Gasteiger partial charge in [-0.1, -0.05) is 52.5 Å². The molecule has 2 N–H and O–H groups in total. The molecule has 0 aliphatic rings. The van der Waals surface area contributed by atoms with Gasteiger partial charge < -0.3 is 5.73 Å². The molecule has 1 aromatic heterocycles. The van der Waals surface area contributed by atoms with Gasteiger partial charge >= 0.3 is 0 Å². The van der Waals surface area contributed by atoms with E-state index in [0.29, 0.717) is 11.6 Å². The quantitative estimate of drug-likeness (QED) is 0.876. The maximum absolute atomic E-state index is 5.98. The second kappa shape index (κ2) is 6.06. The second-order valence-corrected chi connectivity index (χ2v) is 6.85. The van der Waals surface area contributed by atoms with Gasteiger partial charge in [0, 0.05) is 16.5 Å². The number of aromatic nitrogens is 2. The Kier molecular flexibility index (Phi) is 4.69. The average molecular weight is 304 g/mol. The molecule has 0 fully saturated rings. The summed E-state index contributed by atoms with van der Waals surface area (Å²) in [6.45, 7) is 0.494. The summed E-state index contributed by atoms with van der Waals surface area (Å²) in [5.74, 6) is 0. The monoisotopic (exact) mass is 303 g/mol. The molecule has 1 heterocycles. The zero-order chi connectivity index (χ0) is 12.3. The third-order valence-electron chi connectivity index (χ3n) is 2.01. The normalized spacial score (nSPS) is 10.8. The molecule has 0 aliphatic heterocycles. The van der Waals surface area contributed by atoms with Crippen LogP contribution in [-0.2, 0) is 6.54 Å². The predicted octanol–water partition coefficient (Wildman–Crippen LogP) is 3.52. The number of nitrogens with zero attached hydrogens (tertiary/aromatic N) is 2. The Morgan fingerprint density at radius 2 is 2.12 bits per heavy atom. The number of halogens is 1. The lowest BCUT2D eigenvalue weighted by atomic mass is 10.2. The molecule has 0 atom stereocenters. The molecule has 7 heteroatoms. The highest BCUT2D eigenvalue weighted by molar-refractivity contribution is 8.03. The Bertz CT molecular complexity index is 515. The number of thioether (sulfide) groups is 1. The van der Waals surface area contributed by atoms with Gasteiger partial charge in [-0.05, 0) is 24.0 Å². The largest absolute Gasteiger partial charge is 0.326 e. The molecule has 17 heavy (non-hydrogen) atoms. The summed E-state index contributed by atoms with van der Waals surface area (Å²) in [5, 5.41) is 8.88. The Morgan fingerprint density at radius 3 is 2.76 bits per heavy atom. The van der Waals surface area contributed by atoms with E-state index in [9.17, 15) is 0 Å². The fourth-order valence-corrected chi connectivity index (χ4v) is 4.02. The summed E-state index contributed by atoms with van der Waals surface area (Å²) in [6, 6.07) is 5.71. The molecule has 2 rings (SSSR count). The van der Waals surface area contributed by atoms with Crippen LogP contribution in [0.4, 0.5) is 0 Å². The second-order valence-electron chi connectivity index (χ2n) is 3.10. The zero-order valence-electron chi connectivity index (χ0n) is 9.01. The van der Waals surface area contributed by atoms with Crippen LogP contribution in [0.5, 0.6) is 0 Å². The van der Waals surface area contributed by atoms with Gasteiger partial charge in [-0.3, -0.25) is 0 Å². The van der Waals surface area contributed by atoms with Crippen molar-refractivity contribution < 1.29 is 0 Å². The van der Waals surface area contributed by atoms with Crippen LogP contribution in [0.2, 0.25) is 5.02 Å².